The lowest BCUT2D eigenvalue weighted by molar-refractivity contribution is 0.331. The second kappa shape index (κ2) is 7.84. The fraction of sp³-hybridized carbons (Fsp3) is 0.176. The van der Waals surface area contributed by atoms with Gasteiger partial charge in [0.15, 0.2) is 11.5 Å². The Hall–Kier alpha value is -2.02. The second-order valence-electron chi connectivity index (χ2n) is 4.46. The van der Waals surface area contributed by atoms with Crippen molar-refractivity contribution in [2.75, 3.05) is 19.0 Å². The van der Waals surface area contributed by atoms with Gasteiger partial charge in [0, 0.05) is 17.3 Å². The molecule has 0 spiro atoms. The van der Waals surface area contributed by atoms with E-state index in [1.165, 1.54) is 0 Å². The number of ether oxygens (including phenoxy) is 2. The summed E-state index contributed by atoms with van der Waals surface area (Å²) in [5.74, 6) is 3.41. The van der Waals surface area contributed by atoms with E-state index in [-0.39, 0.29) is 6.61 Å². The van der Waals surface area contributed by atoms with Gasteiger partial charge in [0.2, 0.25) is 0 Å². The Kier molecular flexibility index (Phi) is 5.83. The summed E-state index contributed by atoms with van der Waals surface area (Å²) >= 11 is 12.1. The van der Waals surface area contributed by atoms with Crippen LogP contribution in [0, 0.1) is 12.3 Å². The highest BCUT2D eigenvalue weighted by molar-refractivity contribution is 6.32. The van der Waals surface area contributed by atoms with Crippen molar-refractivity contribution in [1.82, 2.24) is 0 Å². The van der Waals surface area contributed by atoms with Crippen LogP contribution in [-0.4, -0.2) is 13.7 Å². The van der Waals surface area contributed by atoms with Crippen molar-refractivity contribution in [3.8, 4) is 23.8 Å². The minimum Gasteiger partial charge on any atom is -0.493 e. The van der Waals surface area contributed by atoms with Crippen molar-refractivity contribution in [3.63, 3.8) is 0 Å². The number of rotatable bonds is 6. The predicted molar refractivity (Wildman–Crippen MR) is 91.1 cm³/mol. The minimum atomic E-state index is 0.137. The number of nitrogens with one attached hydrogen (secondary N) is 1. The van der Waals surface area contributed by atoms with Gasteiger partial charge in [-0.2, -0.15) is 0 Å². The van der Waals surface area contributed by atoms with Crippen molar-refractivity contribution in [2.45, 2.75) is 6.54 Å². The van der Waals surface area contributed by atoms with Gasteiger partial charge in [0.05, 0.1) is 12.1 Å². The monoisotopic (exact) mass is 335 g/mol. The number of anilines is 1. The molecule has 0 aliphatic rings. The van der Waals surface area contributed by atoms with E-state index in [9.17, 15) is 0 Å². The molecule has 0 aromatic heterocycles. The molecule has 2 aromatic carbocycles. The van der Waals surface area contributed by atoms with Crippen LogP contribution in [0.3, 0.4) is 0 Å². The summed E-state index contributed by atoms with van der Waals surface area (Å²) in [4.78, 5) is 0. The maximum absolute atomic E-state index is 6.23. The van der Waals surface area contributed by atoms with Gasteiger partial charge in [-0.25, -0.2) is 0 Å². The first-order valence-corrected chi connectivity index (χ1v) is 7.31. The molecule has 0 unspecified atom stereocenters. The molecule has 0 radical (unpaired) electrons. The first kappa shape index (κ1) is 16.4. The van der Waals surface area contributed by atoms with Crippen LogP contribution in [0.25, 0.3) is 0 Å². The number of terminal acetylenes is 1. The molecule has 0 bridgehead atoms. The third kappa shape index (κ3) is 4.24. The number of hydrogen-bond acceptors (Lipinski definition) is 3. The van der Waals surface area contributed by atoms with E-state index in [1.54, 1.807) is 7.11 Å². The highest BCUT2D eigenvalue weighted by Crippen LogP contribution is 2.36. The van der Waals surface area contributed by atoms with Gasteiger partial charge in [-0.05, 0) is 42.0 Å². The first-order chi connectivity index (χ1) is 10.6. The summed E-state index contributed by atoms with van der Waals surface area (Å²) in [5.41, 5.74) is 1.93. The fourth-order valence-corrected chi connectivity index (χ4v) is 2.31. The smallest absolute Gasteiger partial charge is 0.181 e. The molecule has 0 amide bonds. The third-order valence-electron chi connectivity index (χ3n) is 2.93. The van der Waals surface area contributed by atoms with Crippen LogP contribution in [0.1, 0.15) is 5.56 Å². The molecule has 3 nitrogen and oxygen atoms in total. The average Bonchev–Trinajstić information content (AvgIpc) is 2.53. The Morgan fingerprint density at radius 1 is 1.18 bits per heavy atom. The lowest BCUT2D eigenvalue weighted by Gasteiger charge is -2.13. The summed E-state index contributed by atoms with van der Waals surface area (Å²) in [6.07, 6.45) is 5.19. The molecular weight excluding hydrogens is 321 g/mol. The van der Waals surface area contributed by atoms with E-state index < -0.39 is 0 Å². The SMILES string of the molecule is C#CCOc1c(Cl)cc(CNc2ccc(Cl)cc2)cc1OC. The van der Waals surface area contributed by atoms with Gasteiger partial charge in [0.25, 0.3) is 0 Å². The van der Waals surface area contributed by atoms with E-state index in [4.69, 9.17) is 39.1 Å². The molecule has 5 heteroatoms. The van der Waals surface area contributed by atoms with Crippen molar-refractivity contribution >= 4 is 28.9 Å². The van der Waals surface area contributed by atoms with E-state index in [1.807, 2.05) is 36.4 Å². The molecule has 0 saturated heterocycles. The molecule has 0 aliphatic heterocycles. The number of benzene rings is 2. The largest absolute Gasteiger partial charge is 0.493 e. The summed E-state index contributed by atoms with van der Waals surface area (Å²) in [5, 5.41) is 4.44. The number of halogens is 2. The lowest BCUT2D eigenvalue weighted by Crippen LogP contribution is -2.02. The zero-order valence-corrected chi connectivity index (χ0v) is 13.5. The van der Waals surface area contributed by atoms with Crippen LogP contribution in [-0.2, 0) is 6.54 Å². The normalized spacial score (nSPS) is 9.91. The first-order valence-electron chi connectivity index (χ1n) is 6.56. The van der Waals surface area contributed by atoms with Crippen molar-refractivity contribution in [1.29, 1.82) is 0 Å². The van der Waals surface area contributed by atoms with Crippen LogP contribution in [0.2, 0.25) is 10.0 Å². The van der Waals surface area contributed by atoms with Gasteiger partial charge in [-0.15, -0.1) is 6.42 Å². The standard InChI is InChI=1S/C17H15Cl2NO2/c1-3-8-22-17-15(19)9-12(10-16(17)21-2)11-20-14-6-4-13(18)5-7-14/h1,4-7,9-10,20H,8,11H2,2H3. The molecule has 2 rings (SSSR count). The van der Waals surface area contributed by atoms with Gasteiger partial charge >= 0.3 is 0 Å². The van der Waals surface area contributed by atoms with Gasteiger partial charge in [-0.3, -0.25) is 0 Å². The quantitative estimate of drug-likeness (QED) is 0.781. The molecule has 0 heterocycles. The number of methoxy groups -OCH3 is 1. The molecule has 114 valence electrons. The molecule has 0 saturated carbocycles. The Morgan fingerprint density at radius 2 is 1.91 bits per heavy atom. The molecule has 0 fully saturated rings. The van der Waals surface area contributed by atoms with Crippen molar-refractivity contribution < 1.29 is 9.47 Å². The summed E-state index contributed by atoms with van der Waals surface area (Å²) in [6.45, 7) is 0.728. The van der Waals surface area contributed by atoms with E-state index in [0.717, 1.165) is 11.3 Å². The zero-order valence-electron chi connectivity index (χ0n) is 12.0. The summed E-state index contributed by atoms with van der Waals surface area (Å²) in [7, 11) is 1.56. The topological polar surface area (TPSA) is 30.5 Å². The molecule has 0 aliphatic carbocycles. The molecule has 22 heavy (non-hydrogen) atoms. The van der Waals surface area contributed by atoms with Crippen LogP contribution in [0.4, 0.5) is 5.69 Å². The molecule has 1 N–H and O–H groups in total. The Bertz CT molecular complexity index is 678. The molecular formula is C17H15Cl2NO2. The van der Waals surface area contributed by atoms with E-state index in [2.05, 4.69) is 11.2 Å². The van der Waals surface area contributed by atoms with Crippen molar-refractivity contribution in [3.05, 3.63) is 52.0 Å². The maximum Gasteiger partial charge on any atom is 0.181 e. The third-order valence-corrected chi connectivity index (χ3v) is 3.46. The fourth-order valence-electron chi connectivity index (χ4n) is 1.90. The van der Waals surface area contributed by atoms with Gasteiger partial charge in [-0.1, -0.05) is 29.1 Å². The van der Waals surface area contributed by atoms with Crippen LogP contribution >= 0.6 is 23.2 Å². The predicted octanol–water partition coefficient (Wildman–Crippen LogP) is 4.63. The van der Waals surface area contributed by atoms with Crippen LogP contribution in [0.15, 0.2) is 36.4 Å². The molecule has 2 aromatic rings. The maximum atomic E-state index is 6.23. The Balaban J connectivity index is 2.13. The van der Waals surface area contributed by atoms with E-state index in [0.29, 0.717) is 28.1 Å². The van der Waals surface area contributed by atoms with Crippen LogP contribution in [0.5, 0.6) is 11.5 Å². The highest BCUT2D eigenvalue weighted by atomic mass is 35.5. The van der Waals surface area contributed by atoms with Crippen molar-refractivity contribution in [2.24, 2.45) is 0 Å². The summed E-state index contributed by atoms with van der Waals surface area (Å²) < 4.78 is 10.7. The van der Waals surface area contributed by atoms with E-state index >= 15 is 0 Å². The Labute approximate surface area is 140 Å². The lowest BCUT2D eigenvalue weighted by atomic mass is 10.2. The average molecular weight is 336 g/mol. The van der Waals surface area contributed by atoms with Gasteiger partial charge in [0.1, 0.15) is 6.61 Å². The second-order valence-corrected chi connectivity index (χ2v) is 5.31. The zero-order chi connectivity index (χ0) is 15.9. The Morgan fingerprint density at radius 3 is 2.55 bits per heavy atom. The number of hydrogen-bond donors (Lipinski definition) is 1. The van der Waals surface area contributed by atoms with Crippen LogP contribution < -0.4 is 14.8 Å². The van der Waals surface area contributed by atoms with Gasteiger partial charge < -0.3 is 14.8 Å². The minimum absolute atomic E-state index is 0.137. The molecule has 0 atom stereocenters. The highest BCUT2D eigenvalue weighted by Gasteiger charge is 2.11. The summed E-state index contributed by atoms with van der Waals surface area (Å²) in [6, 6.07) is 11.2.